The molecule has 1 aliphatic heterocycles. The van der Waals surface area contributed by atoms with Crippen LogP contribution in [-0.4, -0.2) is 60.7 Å². The number of rotatable bonds is 5. The monoisotopic (exact) mass is 359 g/mol. The van der Waals surface area contributed by atoms with Crippen molar-refractivity contribution in [3.8, 4) is 11.5 Å². The summed E-state index contributed by atoms with van der Waals surface area (Å²) in [6, 6.07) is 7.68. The molecular weight excluding hydrogens is 334 g/mol. The Kier molecular flexibility index (Phi) is 5.44. The van der Waals surface area contributed by atoms with Gasteiger partial charge < -0.3 is 5.32 Å². The van der Waals surface area contributed by atoms with E-state index in [0.717, 1.165) is 48.3 Å². The van der Waals surface area contributed by atoms with E-state index >= 15 is 0 Å². The van der Waals surface area contributed by atoms with Crippen LogP contribution in [0.5, 0.6) is 0 Å². The lowest BCUT2D eigenvalue weighted by molar-refractivity contribution is 0.145. The number of hydrogen-bond acceptors (Lipinski definition) is 6. The predicted octanol–water partition coefficient (Wildman–Crippen LogP) is 2.10. The second-order valence-electron chi connectivity index (χ2n) is 6.93. The zero-order chi connectivity index (χ0) is 17.9. The lowest BCUT2D eigenvalue weighted by Gasteiger charge is -2.40. The quantitative estimate of drug-likeness (QED) is 0.882. The summed E-state index contributed by atoms with van der Waals surface area (Å²) in [7, 11) is -0.653. The van der Waals surface area contributed by atoms with E-state index < -0.39 is 10.8 Å². The maximum Gasteiger partial charge on any atom is 0.180 e. The molecule has 0 aromatic carbocycles. The minimum atomic E-state index is -0.653. The molecule has 0 atom stereocenters. The van der Waals surface area contributed by atoms with Crippen molar-refractivity contribution in [1.29, 1.82) is 0 Å². The van der Waals surface area contributed by atoms with Crippen molar-refractivity contribution >= 4 is 16.6 Å². The average molecular weight is 359 g/mol. The lowest BCUT2D eigenvalue weighted by Crippen LogP contribution is -2.53. The molecule has 134 valence electrons. The Balaban J connectivity index is 1.70. The van der Waals surface area contributed by atoms with Gasteiger partial charge in [-0.2, -0.15) is 0 Å². The number of pyridine rings is 1. The van der Waals surface area contributed by atoms with Crippen LogP contribution in [0.15, 0.2) is 30.5 Å². The first kappa shape index (κ1) is 17.9. The van der Waals surface area contributed by atoms with E-state index in [2.05, 4.69) is 39.0 Å². The Hall–Kier alpha value is -1.86. The standard InChI is InChI=1S/C18H25N5OS/c1-14-12-16(22-17(21-14)15-6-4-5-7-19-15)20-13-18(2,3)23-8-10-25(24)11-9-23/h4-7,12H,8-11,13H2,1-3H3,(H,20,21,22). The molecule has 0 saturated carbocycles. The Bertz CT molecular complexity index is 740. The summed E-state index contributed by atoms with van der Waals surface area (Å²) >= 11 is 0. The highest BCUT2D eigenvalue weighted by Crippen LogP contribution is 2.20. The van der Waals surface area contributed by atoms with Gasteiger partial charge >= 0.3 is 0 Å². The van der Waals surface area contributed by atoms with Crippen LogP contribution in [0.1, 0.15) is 19.5 Å². The van der Waals surface area contributed by atoms with Crippen LogP contribution in [0, 0.1) is 6.92 Å². The van der Waals surface area contributed by atoms with Crippen molar-refractivity contribution in [3.63, 3.8) is 0 Å². The molecule has 3 rings (SSSR count). The van der Waals surface area contributed by atoms with Gasteiger partial charge in [0.25, 0.3) is 0 Å². The Labute approximate surface area is 151 Å². The van der Waals surface area contributed by atoms with Crippen LogP contribution in [0.4, 0.5) is 5.82 Å². The first-order valence-electron chi connectivity index (χ1n) is 8.55. The van der Waals surface area contributed by atoms with Gasteiger partial charge in [0.1, 0.15) is 11.5 Å². The van der Waals surface area contributed by atoms with Crippen molar-refractivity contribution in [1.82, 2.24) is 19.9 Å². The second-order valence-corrected chi connectivity index (χ2v) is 8.63. The number of nitrogens with zero attached hydrogens (tertiary/aromatic N) is 4. The van der Waals surface area contributed by atoms with Gasteiger partial charge in [-0.3, -0.25) is 14.1 Å². The summed E-state index contributed by atoms with van der Waals surface area (Å²) in [5.74, 6) is 2.97. The molecule has 0 amide bonds. The van der Waals surface area contributed by atoms with Crippen molar-refractivity contribution in [2.24, 2.45) is 0 Å². The van der Waals surface area contributed by atoms with Crippen molar-refractivity contribution < 1.29 is 4.21 Å². The highest BCUT2D eigenvalue weighted by atomic mass is 32.2. The Morgan fingerprint density at radius 3 is 2.68 bits per heavy atom. The zero-order valence-electron chi connectivity index (χ0n) is 15.0. The predicted molar refractivity (Wildman–Crippen MR) is 102 cm³/mol. The smallest absolute Gasteiger partial charge is 0.180 e. The molecule has 1 aliphatic rings. The minimum absolute atomic E-state index is 0.0331. The van der Waals surface area contributed by atoms with Crippen LogP contribution < -0.4 is 5.32 Å². The molecule has 3 heterocycles. The highest BCUT2D eigenvalue weighted by molar-refractivity contribution is 7.85. The summed E-state index contributed by atoms with van der Waals surface area (Å²) in [6.07, 6.45) is 1.75. The van der Waals surface area contributed by atoms with E-state index in [1.807, 2.05) is 31.2 Å². The molecule has 25 heavy (non-hydrogen) atoms. The maximum absolute atomic E-state index is 11.6. The second kappa shape index (κ2) is 7.58. The number of aromatic nitrogens is 3. The minimum Gasteiger partial charge on any atom is -0.368 e. The molecule has 2 aromatic heterocycles. The Morgan fingerprint density at radius 1 is 1.24 bits per heavy atom. The SMILES string of the molecule is Cc1cc(NCC(C)(C)N2CCS(=O)CC2)nc(-c2ccccn2)n1. The molecular formula is C18H25N5OS. The largest absolute Gasteiger partial charge is 0.368 e. The van der Waals surface area contributed by atoms with E-state index in [9.17, 15) is 4.21 Å². The van der Waals surface area contributed by atoms with E-state index in [1.54, 1.807) is 6.20 Å². The summed E-state index contributed by atoms with van der Waals surface area (Å²) in [4.78, 5) is 15.8. The normalized spacial score (nSPS) is 16.8. The van der Waals surface area contributed by atoms with E-state index in [1.165, 1.54) is 0 Å². The number of aryl methyl sites for hydroxylation is 1. The van der Waals surface area contributed by atoms with Gasteiger partial charge in [0.15, 0.2) is 5.82 Å². The van der Waals surface area contributed by atoms with Gasteiger partial charge in [0, 0.05) is 65.4 Å². The molecule has 2 aromatic rings. The molecule has 6 nitrogen and oxygen atoms in total. The third-order valence-electron chi connectivity index (χ3n) is 4.48. The topological polar surface area (TPSA) is 71.0 Å². The highest BCUT2D eigenvalue weighted by Gasteiger charge is 2.29. The van der Waals surface area contributed by atoms with Crippen LogP contribution in [0.3, 0.4) is 0 Å². The molecule has 0 unspecified atom stereocenters. The van der Waals surface area contributed by atoms with Gasteiger partial charge in [0.05, 0.1) is 0 Å². The van der Waals surface area contributed by atoms with Crippen molar-refractivity contribution in [3.05, 3.63) is 36.2 Å². The van der Waals surface area contributed by atoms with Crippen LogP contribution in [0.25, 0.3) is 11.5 Å². The molecule has 1 N–H and O–H groups in total. The third kappa shape index (κ3) is 4.61. The molecule has 0 aliphatic carbocycles. The van der Waals surface area contributed by atoms with Gasteiger partial charge in [-0.1, -0.05) is 6.07 Å². The van der Waals surface area contributed by atoms with Crippen LogP contribution in [0.2, 0.25) is 0 Å². The van der Waals surface area contributed by atoms with Crippen LogP contribution in [-0.2, 0) is 10.8 Å². The number of nitrogens with one attached hydrogen (secondary N) is 1. The molecule has 0 bridgehead atoms. The number of hydrogen-bond donors (Lipinski definition) is 1. The van der Waals surface area contributed by atoms with Crippen LogP contribution >= 0.6 is 0 Å². The van der Waals surface area contributed by atoms with Gasteiger partial charge in [-0.25, -0.2) is 9.97 Å². The first-order chi connectivity index (χ1) is 11.9. The van der Waals surface area contributed by atoms with Crippen molar-refractivity contribution in [2.75, 3.05) is 36.5 Å². The number of anilines is 1. The van der Waals surface area contributed by atoms with Gasteiger partial charge in [-0.05, 0) is 32.9 Å². The van der Waals surface area contributed by atoms with E-state index in [4.69, 9.17) is 0 Å². The molecule has 7 heteroatoms. The zero-order valence-corrected chi connectivity index (χ0v) is 15.8. The summed E-state index contributed by atoms with van der Waals surface area (Å²) in [5, 5.41) is 3.45. The fraction of sp³-hybridized carbons (Fsp3) is 0.500. The molecule has 0 radical (unpaired) electrons. The lowest BCUT2D eigenvalue weighted by atomic mass is 10.0. The van der Waals surface area contributed by atoms with E-state index in [0.29, 0.717) is 5.82 Å². The maximum atomic E-state index is 11.6. The molecule has 0 spiro atoms. The van der Waals surface area contributed by atoms with Gasteiger partial charge in [0.2, 0.25) is 0 Å². The summed E-state index contributed by atoms with van der Waals surface area (Å²) < 4.78 is 11.6. The van der Waals surface area contributed by atoms with Gasteiger partial charge in [-0.15, -0.1) is 0 Å². The van der Waals surface area contributed by atoms with Crippen molar-refractivity contribution in [2.45, 2.75) is 26.3 Å². The van der Waals surface area contributed by atoms with E-state index in [-0.39, 0.29) is 5.54 Å². The fourth-order valence-electron chi connectivity index (χ4n) is 2.93. The fourth-order valence-corrected chi connectivity index (χ4v) is 3.98. The third-order valence-corrected chi connectivity index (χ3v) is 5.76. The Morgan fingerprint density at radius 2 is 2.00 bits per heavy atom. The molecule has 1 saturated heterocycles. The average Bonchev–Trinajstić information content (AvgIpc) is 2.61. The first-order valence-corrected chi connectivity index (χ1v) is 10.0. The summed E-state index contributed by atoms with van der Waals surface area (Å²) in [6.45, 7) is 8.90. The summed E-state index contributed by atoms with van der Waals surface area (Å²) in [5.41, 5.74) is 1.64. The molecule has 1 fully saturated rings.